The van der Waals surface area contributed by atoms with Crippen LogP contribution >= 0.6 is 0 Å². The van der Waals surface area contributed by atoms with Gasteiger partial charge in [-0.3, -0.25) is 4.57 Å². The van der Waals surface area contributed by atoms with Crippen LogP contribution in [0.4, 0.5) is 0 Å². The van der Waals surface area contributed by atoms with Crippen LogP contribution in [-0.4, -0.2) is 32.8 Å². The molecule has 7 nitrogen and oxygen atoms in total. The summed E-state index contributed by atoms with van der Waals surface area (Å²) in [5.41, 5.74) is 2.02. The van der Waals surface area contributed by atoms with Gasteiger partial charge in [-0.25, -0.2) is 14.3 Å². The van der Waals surface area contributed by atoms with E-state index in [1.165, 1.54) is 6.33 Å². The zero-order valence-corrected chi connectivity index (χ0v) is 13.4. The Hall–Kier alpha value is -2.67. The lowest BCUT2D eigenvalue weighted by Gasteiger charge is -2.10. The van der Waals surface area contributed by atoms with Crippen molar-refractivity contribution in [2.75, 3.05) is 13.7 Å². The lowest BCUT2D eigenvalue weighted by Crippen LogP contribution is -2.27. The molecule has 3 aromatic rings. The van der Waals surface area contributed by atoms with Crippen molar-refractivity contribution in [3.63, 3.8) is 0 Å². The van der Waals surface area contributed by atoms with E-state index in [0.29, 0.717) is 30.2 Å². The Morgan fingerprint density at radius 2 is 2.12 bits per heavy atom. The molecule has 0 saturated carbocycles. The Morgan fingerprint density at radius 3 is 2.83 bits per heavy atom. The number of methoxy groups -OCH3 is 1. The summed E-state index contributed by atoms with van der Waals surface area (Å²) in [4.78, 5) is 21.6. The fraction of sp³-hybridized carbons (Fsp3) is 0.353. The second-order valence-corrected chi connectivity index (χ2v) is 5.75. The molecule has 4 rings (SSSR count). The third kappa shape index (κ3) is 2.37. The van der Waals surface area contributed by atoms with Gasteiger partial charge in [0.15, 0.2) is 11.2 Å². The molecule has 1 unspecified atom stereocenters. The number of aromatic nitrogens is 4. The Morgan fingerprint density at radius 1 is 1.29 bits per heavy atom. The molecule has 124 valence electrons. The van der Waals surface area contributed by atoms with Gasteiger partial charge in [0.1, 0.15) is 12.6 Å². The normalized spacial score (nSPS) is 17.5. The Labute approximate surface area is 138 Å². The van der Waals surface area contributed by atoms with E-state index in [4.69, 9.17) is 9.47 Å². The molecule has 24 heavy (non-hydrogen) atoms. The summed E-state index contributed by atoms with van der Waals surface area (Å²) in [5.74, 6) is 0.393. The Kier molecular flexibility index (Phi) is 3.78. The van der Waals surface area contributed by atoms with Gasteiger partial charge in [-0.2, -0.15) is 4.98 Å². The lowest BCUT2D eigenvalue weighted by atomic mass is 10.2. The third-order valence-electron chi connectivity index (χ3n) is 4.27. The summed E-state index contributed by atoms with van der Waals surface area (Å²) in [7, 11) is 1.54. The second-order valence-electron chi connectivity index (χ2n) is 5.75. The van der Waals surface area contributed by atoms with Gasteiger partial charge in [-0.05, 0) is 18.4 Å². The SMILES string of the molecule is COc1ncnc2c1n(Cc1ccccc1)c(=O)n2C1CCCO1. The van der Waals surface area contributed by atoms with Crippen molar-refractivity contribution in [3.05, 3.63) is 52.7 Å². The number of fused-ring (bicyclic) bond motifs is 1. The molecule has 1 atom stereocenters. The minimum Gasteiger partial charge on any atom is -0.479 e. The van der Waals surface area contributed by atoms with Gasteiger partial charge in [0, 0.05) is 6.61 Å². The Balaban J connectivity index is 1.94. The monoisotopic (exact) mass is 326 g/mol. The van der Waals surface area contributed by atoms with E-state index in [9.17, 15) is 4.79 Å². The predicted molar refractivity (Wildman–Crippen MR) is 88.1 cm³/mol. The number of ether oxygens (including phenoxy) is 2. The number of benzene rings is 1. The van der Waals surface area contributed by atoms with E-state index in [-0.39, 0.29) is 11.9 Å². The van der Waals surface area contributed by atoms with Crippen LogP contribution in [0.1, 0.15) is 24.6 Å². The molecule has 1 fully saturated rings. The maximum absolute atomic E-state index is 13.1. The molecular weight excluding hydrogens is 308 g/mol. The van der Waals surface area contributed by atoms with E-state index in [0.717, 1.165) is 18.4 Å². The van der Waals surface area contributed by atoms with Gasteiger partial charge in [0.2, 0.25) is 5.88 Å². The molecular formula is C17H18N4O3. The van der Waals surface area contributed by atoms with Gasteiger partial charge in [-0.15, -0.1) is 0 Å². The summed E-state index contributed by atoms with van der Waals surface area (Å²) in [6, 6.07) is 9.82. The first-order valence-electron chi connectivity index (χ1n) is 7.95. The summed E-state index contributed by atoms with van der Waals surface area (Å²) in [6.45, 7) is 1.09. The zero-order chi connectivity index (χ0) is 16.5. The van der Waals surface area contributed by atoms with Crippen molar-refractivity contribution < 1.29 is 9.47 Å². The Bertz CT molecular complexity index is 911. The highest BCUT2D eigenvalue weighted by atomic mass is 16.5. The molecule has 1 aliphatic rings. The highest BCUT2D eigenvalue weighted by molar-refractivity contribution is 5.77. The highest BCUT2D eigenvalue weighted by Crippen LogP contribution is 2.28. The first-order chi connectivity index (χ1) is 11.8. The fourth-order valence-electron chi connectivity index (χ4n) is 3.17. The molecule has 0 amide bonds. The van der Waals surface area contributed by atoms with E-state index >= 15 is 0 Å². The number of rotatable bonds is 4. The van der Waals surface area contributed by atoms with Crippen LogP contribution in [0.25, 0.3) is 11.2 Å². The van der Waals surface area contributed by atoms with Crippen molar-refractivity contribution in [2.24, 2.45) is 0 Å². The number of hydrogen-bond donors (Lipinski definition) is 0. The topological polar surface area (TPSA) is 71.2 Å². The third-order valence-corrected chi connectivity index (χ3v) is 4.27. The van der Waals surface area contributed by atoms with Gasteiger partial charge < -0.3 is 9.47 Å². The molecule has 0 N–H and O–H groups in total. The summed E-state index contributed by atoms with van der Waals surface area (Å²) < 4.78 is 14.4. The number of imidazole rings is 1. The van der Waals surface area contributed by atoms with Crippen LogP contribution in [0, 0.1) is 0 Å². The standard InChI is InChI=1S/C17H18N4O3/c1-23-16-14-15(18-11-19-16)21(13-8-5-9-24-13)17(22)20(14)10-12-6-3-2-4-7-12/h2-4,6-7,11,13H,5,8-10H2,1H3. The molecule has 0 spiro atoms. The van der Waals surface area contributed by atoms with Crippen molar-refractivity contribution in [2.45, 2.75) is 25.6 Å². The summed E-state index contributed by atoms with van der Waals surface area (Å²) >= 11 is 0. The van der Waals surface area contributed by atoms with Crippen LogP contribution in [0.5, 0.6) is 5.88 Å². The van der Waals surface area contributed by atoms with E-state index in [1.54, 1.807) is 16.2 Å². The van der Waals surface area contributed by atoms with Crippen molar-refractivity contribution in [3.8, 4) is 5.88 Å². The van der Waals surface area contributed by atoms with E-state index in [1.807, 2.05) is 30.3 Å². The smallest absolute Gasteiger partial charge is 0.332 e. The molecule has 1 aromatic carbocycles. The van der Waals surface area contributed by atoms with Crippen molar-refractivity contribution in [1.82, 2.24) is 19.1 Å². The molecule has 0 bridgehead atoms. The van der Waals surface area contributed by atoms with Crippen LogP contribution in [0.15, 0.2) is 41.5 Å². The van der Waals surface area contributed by atoms with Crippen LogP contribution in [0.2, 0.25) is 0 Å². The van der Waals surface area contributed by atoms with Gasteiger partial charge >= 0.3 is 5.69 Å². The second kappa shape index (κ2) is 6.09. The quantitative estimate of drug-likeness (QED) is 0.733. The van der Waals surface area contributed by atoms with Gasteiger partial charge in [-0.1, -0.05) is 30.3 Å². The first kappa shape index (κ1) is 14.9. The minimum absolute atomic E-state index is 0.153. The zero-order valence-electron chi connectivity index (χ0n) is 13.4. The molecule has 1 saturated heterocycles. The molecule has 7 heteroatoms. The first-order valence-corrected chi connectivity index (χ1v) is 7.95. The van der Waals surface area contributed by atoms with Gasteiger partial charge in [0.05, 0.1) is 13.7 Å². The minimum atomic E-state index is -0.281. The molecule has 1 aliphatic heterocycles. The molecule has 0 radical (unpaired) electrons. The average molecular weight is 326 g/mol. The largest absolute Gasteiger partial charge is 0.479 e. The maximum atomic E-state index is 13.1. The number of nitrogens with zero attached hydrogens (tertiary/aromatic N) is 4. The van der Waals surface area contributed by atoms with Crippen LogP contribution in [-0.2, 0) is 11.3 Å². The average Bonchev–Trinajstić information content (AvgIpc) is 3.23. The van der Waals surface area contributed by atoms with Gasteiger partial charge in [0.25, 0.3) is 0 Å². The molecule has 3 heterocycles. The number of hydrogen-bond acceptors (Lipinski definition) is 5. The van der Waals surface area contributed by atoms with Crippen LogP contribution < -0.4 is 10.4 Å². The fourth-order valence-corrected chi connectivity index (χ4v) is 3.17. The molecule has 0 aliphatic carbocycles. The maximum Gasteiger partial charge on any atom is 0.332 e. The molecule has 2 aromatic heterocycles. The highest BCUT2D eigenvalue weighted by Gasteiger charge is 2.27. The van der Waals surface area contributed by atoms with Crippen LogP contribution in [0.3, 0.4) is 0 Å². The lowest BCUT2D eigenvalue weighted by molar-refractivity contribution is 0.0563. The summed E-state index contributed by atoms with van der Waals surface area (Å²) in [6.07, 6.45) is 2.87. The van der Waals surface area contributed by atoms with E-state index in [2.05, 4.69) is 9.97 Å². The summed E-state index contributed by atoms with van der Waals surface area (Å²) in [5, 5.41) is 0. The predicted octanol–water partition coefficient (Wildman–Crippen LogP) is 1.96. The van der Waals surface area contributed by atoms with E-state index < -0.39 is 0 Å². The van der Waals surface area contributed by atoms with Crippen molar-refractivity contribution >= 4 is 11.2 Å². The van der Waals surface area contributed by atoms with Crippen molar-refractivity contribution in [1.29, 1.82) is 0 Å².